The molecule has 0 aliphatic rings. The van der Waals surface area contributed by atoms with E-state index in [1.165, 1.54) is 238 Å². The van der Waals surface area contributed by atoms with Gasteiger partial charge in [-0.25, -0.2) is 0 Å². The fourth-order valence-electron chi connectivity index (χ4n) is 9.58. The van der Waals surface area contributed by atoms with E-state index in [1.54, 1.807) is 0 Å². The maximum absolute atomic E-state index is 12.9. The lowest BCUT2D eigenvalue weighted by molar-refractivity contribution is -0.167. The van der Waals surface area contributed by atoms with E-state index in [4.69, 9.17) is 14.2 Å². The van der Waals surface area contributed by atoms with Gasteiger partial charge in [-0.05, 0) is 31.1 Å². The zero-order valence-corrected chi connectivity index (χ0v) is 46.7. The smallest absolute Gasteiger partial charge is 0.306 e. The maximum atomic E-state index is 12.9. The van der Waals surface area contributed by atoms with E-state index in [1.807, 2.05) is 0 Å². The molecule has 0 aromatic rings. The molecule has 0 aliphatic carbocycles. The molecule has 0 unspecified atom stereocenters. The zero-order chi connectivity index (χ0) is 49.6. The number of esters is 3. The first-order chi connectivity index (χ1) is 33.2. The highest BCUT2D eigenvalue weighted by Gasteiger charge is 2.19. The highest BCUT2D eigenvalue weighted by atomic mass is 16.6. The van der Waals surface area contributed by atoms with Crippen LogP contribution in [0.25, 0.3) is 0 Å². The van der Waals surface area contributed by atoms with Gasteiger partial charge in [0.2, 0.25) is 0 Å². The van der Waals surface area contributed by atoms with Crippen LogP contribution in [-0.2, 0) is 28.6 Å². The molecule has 0 amide bonds. The summed E-state index contributed by atoms with van der Waals surface area (Å²) in [6.45, 7) is 11.4. The topological polar surface area (TPSA) is 78.9 Å². The molecule has 0 spiro atoms. The molecular weight excluding hydrogens is 841 g/mol. The number of carbonyl (C=O) groups excluding carboxylic acids is 3. The Bertz CT molecular complexity index is 1040. The molecule has 0 saturated heterocycles. The zero-order valence-electron chi connectivity index (χ0n) is 46.7. The van der Waals surface area contributed by atoms with Crippen molar-refractivity contribution in [3.63, 3.8) is 0 Å². The molecule has 6 heteroatoms. The second kappa shape index (κ2) is 54.7. The third-order valence-electron chi connectivity index (χ3n) is 14.2. The third kappa shape index (κ3) is 55.3. The predicted molar refractivity (Wildman–Crippen MR) is 293 cm³/mol. The number of hydrogen-bond donors (Lipinski definition) is 0. The summed E-state index contributed by atoms with van der Waals surface area (Å²) in [4.78, 5) is 38.2. The summed E-state index contributed by atoms with van der Waals surface area (Å²) in [6.07, 6.45) is 59.8. The fourth-order valence-corrected chi connectivity index (χ4v) is 9.58. The summed E-state index contributed by atoms with van der Waals surface area (Å²) in [5.74, 6) is 0.800. The van der Waals surface area contributed by atoms with E-state index in [-0.39, 0.29) is 31.1 Å². The molecule has 0 fully saturated rings. The predicted octanol–water partition coefficient (Wildman–Crippen LogP) is 20.4. The van der Waals surface area contributed by atoms with Gasteiger partial charge in [0.05, 0.1) is 0 Å². The van der Waals surface area contributed by atoms with E-state index in [9.17, 15) is 14.4 Å². The summed E-state index contributed by atoms with van der Waals surface area (Å²) >= 11 is 0. The van der Waals surface area contributed by atoms with Crippen LogP contribution in [0.2, 0.25) is 0 Å². The minimum absolute atomic E-state index is 0.0629. The highest BCUT2D eigenvalue weighted by molar-refractivity contribution is 5.71. The van der Waals surface area contributed by atoms with E-state index in [2.05, 4.69) is 34.6 Å². The Balaban J connectivity index is 4.20. The Morgan fingerprint density at radius 2 is 0.485 bits per heavy atom. The van der Waals surface area contributed by atoms with Gasteiger partial charge in [0.15, 0.2) is 6.10 Å². The number of rotatable bonds is 56. The van der Waals surface area contributed by atoms with Crippen LogP contribution in [0.3, 0.4) is 0 Å². The standard InChI is InChI=1S/C62H120O6/c1-6-7-8-9-10-11-12-13-14-15-16-20-23-26-29-32-37-42-47-52-60(63)66-55-59(56-67-61(64)53-48-43-39-34-36-41-46-51-58(4)5)68-62(65)54-49-44-38-33-30-27-24-21-18-17-19-22-25-28-31-35-40-45-50-57(2)3/h57-59H,6-56H2,1-5H3/t59-/m0/s1. The van der Waals surface area contributed by atoms with Crippen LogP contribution in [0.4, 0.5) is 0 Å². The van der Waals surface area contributed by atoms with Crippen LogP contribution < -0.4 is 0 Å². The average Bonchev–Trinajstić information content (AvgIpc) is 3.31. The highest BCUT2D eigenvalue weighted by Crippen LogP contribution is 2.19. The van der Waals surface area contributed by atoms with Gasteiger partial charge >= 0.3 is 17.9 Å². The van der Waals surface area contributed by atoms with Crippen LogP contribution in [0.5, 0.6) is 0 Å². The largest absolute Gasteiger partial charge is 0.462 e. The molecule has 0 N–H and O–H groups in total. The first-order valence-electron chi connectivity index (χ1n) is 30.7. The molecule has 0 aliphatic heterocycles. The normalized spacial score (nSPS) is 12.0. The molecule has 0 aromatic heterocycles. The molecule has 1 atom stereocenters. The lowest BCUT2D eigenvalue weighted by atomic mass is 10.0. The Morgan fingerprint density at radius 1 is 0.279 bits per heavy atom. The van der Waals surface area contributed by atoms with Crippen molar-refractivity contribution in [2.24, 2.45) is 11.8 Å². The number of unbranched alkanes of at least 4 members (excludes halogenated alkanes) is 41. The molecule has 0 rings (SSSR count). The van der Waals surface area contributed by atoms with Crippen molar-refractivity contribution in [3.05, 3.63) is 0 Å². The van der Waals surface area contributed by atoms with Gasteiger partial charge in [-0.1, -0.05) is 311 Å². The van der Waals surface area contributed by atoms with Crippen molar-refractivity contribution < 1.29 is 28.6 Å². The number of hydrogen-bond acceptors (Lipinski definition) is 6. The monoisotopic (exact) mass is 961 g/mol. The van der Waals surface area contributed by atoms with E-state index in [0.717, 1.165) is 69.6 Å². The average molecular weight is 962 g/mol. The summed E-state index contributed by atoms with van der Waals surface area (Å²) in [6, 6.07) is 0. The molecule has 0 saturated carbocycles. The van der Waals surface area contributed by atoms with Gasteiger partial charge in [-0.15, -0.1) is 0 Å². The second-order valence-electron chi connectivity index (χ2n) is 22.3. The Hall–Kier alpha value is -1.59. The van der Waals surface area contributed by atoms with Gasteiger partial charge in [0.25, 0.3) is 0 Å². The van der Waals surface area contributed by atoms with Gasteiger partial charge in [-0.3, -0.25) is 14.4 Å². The number of carbonyl (C=O) groups is 3. The summed E-state index contributed by atoms with van der Waals surface area (Å²) in [5, 5.41) is 0. The first kappa shape index (κ1) is 66.4. The fraction of sp³-hybridized carbons (Fsp3) is 0.952. The van der Waals surface area contributed by atoms with Crippen LogP contribution in [0, 0.1) is 11.8 Å². The van der Waals surface area contributed by atoms with Crippen molar-refractivity contribution in [1.82, 2.24) is 0 Å². The Kier molecular flexibility index (Phi) is 53.5. The van der Waals surface area contributed by atoms with Crippen LogP contribution >= 0.6 is 0 Å². The summed E-state index contributed by atoms with van der Waals surface area (Å²) in [5.41, 5.74) is 0. The summed E-state index contributed by atoms with van der Waals surface area (Å²) in [7, 11) is 0. The van der Waals surface area contributed by atoms with Crippen molar-refractivity contribution in [3.8, 4) is 0 Å². The molecule has 0 bridgehead atoms. The molecule has 0 heterocycles. The first-order valence-corrected chi connectivity index (χ1v) is 30.7. The van der Waals surface area contributed by atoms with Crippen molar-refractivity contribution in [2.45, 2.75) is 355 Å². The molecule has 68 heavy (non-hydrogen) atoms. The van der Waals surface area contributed by atoms with Gasteiger partial charge in [-0.2, -0.15) is 0 Å². The minimum atomic E-state index is -0.763. The molecule has 0 aromatic carbocycles. The molecule has 404 valence electrons. The van der Waals surface area contributed by atoms with E-state index < -0.39 is 6.10 Å². The lowest BCUT2D eigenvalue weighted by Crippen LogP contribution is -2.30. The van der Waals surface area contributed by atoms with Gasteiger partial charge < -0.3 is 14.2 Å². The Labute approximate surface area is 425 Å². The van der Waals surface area contributed by atoms with Gasteiger partial charge in [0, 0.05) is 19.3 Å². The SMILES string of the molecule is CCCCCCCCCCCCCCCCCCCCCC(=O)OC[C@@H](COC(=O)CCCCCCCCCC(C)C)OC(=O)CCCCCCCCCCCCCCCCCCCCC(C)C. The van der Waals surface area contributed by atoms with E-state index >= 15 is 0 Å². The minimum Gasteiger partial charge on any atom is -0.462 e. The molecule has 6 nitrogen and oxygen atoms in total. The lowest BCUT2D eigenvalue weighted by Gasteiger charge is -2.18. The maximum Gasteiger partial charge on any atom is 0.306 e. The van der Waals surface area contributed by atoms with Crippen LogP contribution in [0.1, 0.15) is 349 Å². The van der Waals surface area contributed by atoms with Crippen molar-refractivity contribution >= 4 is 17.9 Å². The van der Waals surface area contributed by atoms with Crippen LogP contribution in [-0.4, -0.2) is 37.2 Å². The van der Waals surface area contributed by atoms with Gasteiger partial charge in [0.1, 0.15) is 13.2 Å². The van der Waals surface area contributed by atoms with Crippen molar-refractivity contribution in [1.29, 1.82) is 0 Å². The van der Waals surface area contributed by atoms with Crippen LogP contribution in [0.15, 0.2) is 0 Å². The number of ether oxygens (including phenoxy) is 3. The second-order valence-corrected chi connectivity index (χ2v) is 22.3. The quantitative estimate of drug-likeness (QED) is 0.0343. The van der Waals surface area contributed by atoms with E-state index in [0.29, 0.717) is 19.3 Å². The third-order valence-corrected chi connectivity index (χ3v) is 14.2. The van der Waals surface area contributed by atoms with Crippen molar-refractivity contribution in [2.75, 3.05) is 13.2 Å². The Morgan fingerprint density at radius 3 is 0.721 bits per heavy atom. The molecule has 0 radical (unpaired) electrons. The molecular formula is C62H120O6. The summed E-state index contributed by atoms with van der Waals surface area (Å²) < 4.78 is 16.9.